The van der Waals surface area contributed by atoms with Gasteiger partial charge in [-0.15, -0.1) is 0 Å². The number of hydrogen-bond acceptors (Lipinski definition) is 1. The molecule has 0 amide bonds. The highest BCUT2D eigenvalue weighted by Crippen LogP contribution is 2.25. The minimum Gasteiger partial charge on any atom is -0.312 e. The molecule has 0 unspecified atom stereocenters. The fourth-order valence-electron chi connectivity index (χ4n) is 1.14. The van der Waals surface area contributed by atoms with Crippen LogP contribution in [-0.4, -0.2) is 12.7 Å². The number of benzene rings is 1. The lowest BCUT2D eigenvalue weighted by Crippen LogP contribution is -2.21. The number of nitrogens with one attached hydrogen (secondary N) is 1. The third-order valence-corrected chi connectivity index (χ3v) is 2.79. The molecule has 90 valence electrons. The third-order valence-electron chi connectivity index (χ3n) is 1.93. The average Bonchev–Trinajstić information content (AvgIpc) is 2.17. The Balaban J connectivity index is 2.41. The first kappa shape index (κ1) is 13.6. The maximum absolute atomic E-state index is 11.8. The number of alkyl halides is 3. The zero-order valence-electron chi connectivity index (χ0n) is 8.24. The van der Waals surface area contributed by atoms with Crippen LogP contribution in [0.1, 0.15) is 12.0 Å². The summed E-state index contributed by atoms with van der Waals surface area (Å²) in [4.78, 5) is 0. The second kappa shape index (κ2) is 5.75. The molecule has 0 heterocycles. The van der Waals surface area contributed by atoms with Gasteiger partial charge >= 0.3 is 6.18 Å². The van der Waals surface area contributed by atoms with Crippen LogP contribution in [-0.2, 0) is 6.54 Å². The first-order valence-corrected chi connectivity index (χ1v) is 5.36. The molecule has 0 aliphatic rings. The van der Waals surface area contributed by atoms with Gasteiger partial charge in [-0.1, -0.05) is 35.3 Å². The second-order valence-electron chi connectivity index (χ2n) is 3.25. The van der Waals surface area contributed by atoms with Gasteiger partial charge in [-0.2, -0.15) is 13.2 Å². The molecule has 1 aromatic rings. The van der Waals surface area contributed by atoms with E-state index >= 15 is 0 Å². The summed E-state index contributed by atoms with van der Waals surface area (Å²) in [5.74, 6) is 0. The summed E-state index contributed by atoms with van der Waals surface area (Å²) >= 11 is 11.6. The predicted molar refractivity (Wildman–Crippen MR) is 58.8 cm³/mol. The summed E-state index contributed by atoms with van der Waals surface area (Å²) in [5, 5.41) is 3.44. The Bertz CT molecular complexity index is 352. The highest BCUT2D eigenvalue weighted by atomic mass is 35.5. The predicted octanol–water partition coefficient (Wildman–Crippen LogP) is 4.04. The fourth-order valence-corrected chi connectivity index (χ4v) is 1.53. The molecule has 1 aromatic carbocycles. The van der Waals surface area contributed by atoms with Crippen molar-refractivity contribution in [2.45, 2.75) is 19.1 Å². The largest absolute Gasteiger partial charge is 0.390 e. The van der Waals surface area contributed by atoms with E-state index in [0.717, 1.165) is 0 Å². The maximum Gasteiger partial charge on any atom is 0.390 e. The lowest BCUT2D eigenvalue weighted by atomic mass is 10.2. The van der Waals surface area contributed by atoms with Crippen LogP contribution in [0.5, 0.6) is 0 Å². The highest BCUT2D eigenvalue weighted by molar-refractivity contribution is 6.42. The molecule has 1 rings (SSSR count). The van der Waals surface area contributed by atoms with E-state index in [1.165, 1.54) is 0 Å². The van der Waals surface area contributed by atoms with Gasteiger partial charge in [0.25, 0.3) is 0 Å². The SMILES string of the molecule is FC(F)(F)CCNCc1cccc(Cl)c1Cl. The molecule has 0 saturated carbocycles. The van der Waals surface area contributed by atoms with Gasteiger partial charge in [0, 0.05) is 13.1 Å². The first-order valence-electron chi connectivity index (χ1n) is 4.60. The van der Waals surface area contributed by atoms with Gasteiger partial charge in [-0.3, -0.25) is 0 Å². The fraction of sp³-hybridized carbons (Fsp3) is 0.400. The monoisotopic (exact) mass is 271 g/mol. The van der Waals surface area contributed by atoms with Gasteiger partial charge in [0.05, 0.1) is 16.5 Å². The van der Waals surface area contributed by atoms with Crippen molar-refractivity contribution in [3.63, 3.8) is 0 Å². The molecule has 0 aliphatic heterocycles. The van der Waals surface area contributed by atoms with Crippen LogP contribution in [0.15, 0.2) is 18.2 Å². The highest BCUT2D eigenvalue weighted by Gasteiger charge is 2.25. The molecule has 0 fully saturated rings. The molecular formula is C10H10Cl2F3N. The van der Waals surface area contributed by atoms with Crippen molar-refractivity contribution in [2.24, 2.45) is 0 Å². The smallest absolute Gasteiger partial charge is 0.312 e. The van der Waals surface area contributed by atoms with E-state index in [4.69, 9.17) is 23.2 Å². The van der Waals surface area contributed by atoms with E-state index in [-0.39, 0.29) is 13.1 Å². The van der Waals surface area contributed by atoms with Crippen molar-refractivity contribution in [1.82, 2.24) is 5.32 Å². The van der Waals surface area contributed by atoms with Crippen LogP contribution < -0.4 is 5.32 Å². The molecule has 6 heteroatoms. The summed E-state index contributed by atoms with van der Waals surface area (Å²) in [6.45, 7) is 0.141. The summed E-state index contributed by atoms with van der Waals surface area (Å²) in [5.41, 5.74) is 0.691. The number of rotatable bonds is 4. The molecule has 0 bridgehead atoms. The molecule has 0 saturated heterocycles. The van der Waals surface area contributed by atoms with Gasteiger partial charge in [-0.05, 0) is 11.6 Å². The zero-order chi connectivity index (χ0) is 12.2. The third kappa shape index (κ3) is 4.60. The maximum atomic E-state index is 11.8. The molecule has 0 radical (unpaired) electrons. The summed E-state index contributed by atoms with van der Waals surface area (Å²) < 4.78 is 35.5. The Morgan fingerprint density at radius 1 is 1.19 bits per heavy atom. The summed E-state index contributed by atoms with van der Waals surface area (Å²) in [6, 6.07) is 5.05. The van der Waals surface area contributed by atoms with Crippen molar-refractivity contribution in [3.8, 4) is 0 Å². The zero-order valence-corrected chi connectivity index (χ0v) is 9.76. The van der Waals surface area contributed by atoms with Crippen LogP contribution in [0.25, 0.3) is 0 Å². The standard InChI is InChI=1S/C10H10Cl2F3N/c11-8-3-1-2-7(9(8)12)6-16-5-4-10(13,14)15/h1-3,16H,4-6H2. The first-order chi connectivity index (χ1) is 7.40. The molecule has 0 atom stereocenters. The Labute approximate surface area is 102 Å². The lowest BCUT2D eigenvalue weighted by molar-refractivity contribution is -0.133. The van der Waals surface area contributed by atoms with E-state index in [1.54, 1.807) is 18.2 Å². The number of hydrogen-bond donors (Lipinski definition) is 1. The van der Waals surface area contributed by atoms with Gasteiger partial charge < -0.3 is 5.32 Å². The Kier molecular flexibility index (Phi) is 4.89. The quantitative estimate of drug-likeness (QED) is 0.816. The minimum atomic E-state index is -4.13. The van der Waals surface area contributed by atoms with E-state index in [9.17, 15) is 13.2 Å². The van der Waals surface area contributed by atoms with Crippen molar-refractivity contribution in [1.29, 1.82) is 0 Å². The minimum absolute atomic E-state index is 0.133. The molecule has 0 aliphatic carbocycles. The molecule has 0 spiro atoms. The molecule has 1 N–H and O–H groups in total. The van der Waals surface area contributed by atoms with E-state index in [2.05, 4.69) is 5.32 Å². The van der Waals surface area contributed by atoms with Crippen LogP contribution >= 0.6 is 23.2 Å². The van der Waals surface area contributed by atoms with Crippen LogP contribution in [0.2, 0.25) is 10.0 Å². The lowest BCUT2D eigenvalue weighted by Gasteiger charge is -2.09. The Morgan fingerprint density at radius 2 is 1.88 bits per heavy atom. The van der Waals surface area contributed by atoms with Gasteiger partial charge in [0.1, 0.15) is 0 Å². The van der Waals surface area contributed by atoms with E-state index < -0.39 is 12.6 Å². The van der Waals surface area contributed by atoms with Crippen LogP contribution in [0, 0.1) is 0 Å². The van der Waals surface area contributed by atoms with Gasteiger partial charge in [-0.25, -0.2) is 0 Å². The molecule has 16 heavy (non-hydrogen) atoms. The Hall–Kier alpha value is -0.450. The van der Waals surface area contributed by atoms with E-state index in [0.29, 0.717) is 15.6 Å². The average molecular weight is 272 g/mol. The number of halogens is 5. The normalized spacial score (nSPS) is 11.8. The van der Waals surface area contributed by atoms with Gasteiger partial charge in [0.2, 0.25) is 0 Å². The Morgan fingerprint density at radius 3 is 2.50 bits per heavy atom. The van der Waals surface area contributed by atoms with Crippen molar-refractivity contribution < 1.29 is 13.2 Å². The van der Waals surface area contributed by atoms with Crippen molar-refractivity contribution in [2.75, 3.05) is 6.54 Å². The topological polar surface area (TPSA) is 12.0 Å². The summed E-state index contributed by atoms with van der Waals surface area (Å²) in [6.07, 6.45) is -4.99. The molecule has 1 nitrogen and oxygen atoms in total. The second-order valence-corrected chi connectivity index (χ2v) is 4.04. The molecular weight excluding hydrogens is 262 g/mol. The van der Waals surface area contributed by atoms with Crippen molar-refractivity contribution in [3.05, 3.63) is 33.8 Å². The van der Waals surface area contributed by atoms with E-state index in [1.807, 2.05) is 0 Å². The van der Waals surface area contributed by atoms with Crippen molar-refractivity contribution >= 4 is 23.2 Å². The van der Waals surface area contributed by atoms with Crippen LogP contribution in [0.4, 0.5) is 13.2 Å². The van der Waals surface area contributed by atoms with Crippen LogP contribution in [0.3, 0.4) is 0 Å². The summed E-state index contributed by atoms with van der Waals surface area (Å²) in [7, 11) is 0. The van der Waals surface area contributed by atoms with Gasteiger partial charge in [0.15, 0.2) is 0 Å². The molecule has 0 aromatic heterocycles.